The lowest BCUT2D eigenvalue weighted by molar-refractivity contribution is -0.115. The van der Waals surface area contributed by atoms with E-state index in [0.29, 0.717) is 15.8 Å². The molecule has 0 bridgehead atoms. The van der Waals surface area contributed by atoms with Gasteiger partial charge in [0.15, 0.2) is 5.13 Å². The lowest BCUT2D eigenvalue weighted by Crippen LogP contribution is -2.25. The van der Waals surface area contributed by atoms with Crippen LogP contribution >= 0.6 is 22.7 Å². The Labute approximate surface area is 161 Å². The van der Waals surface area contributed by atoms with Crippen LogP contribution in [0, 0.1) is 0 Å². The smallest absolute Gasteiger partial charge is 0.274 e. The summed E-state index contributed by atoms with van der Waals surface area (Å²) in [6, 6.07) is 13.0. The van der Waals surface area contributed by atoms with Crippen molar-refractivity contribution in [3.63, 3.8) is 0 Å². The Balaban J connectivity index is 1.60. The topological polar surface area (TPSA) is 85.9 Å². The van der Waals surface area contributed by atoms with Crippen LogP contribution in [-0.4, -0.2) is 30.7 Å². The zero-order chi connectivity index (χ0) is 18.8. The van der Waals surface area contributed by atoms with Crippen molar-refractivity contribution >= 4 is 39.4 Å². The molecule has 0 N–H and O–H groups in total. The molecule has 1 aromatic carbocycles. The van der Waals surface area contributed by atoms with E-state index in [4.69, 9.17) is 0 Å². The van der Waals surface area contributed by atoms with E-state index in [2.05, 4.69) is 15.4 Å². The summed E-state index contributed by atoms with van der Waals surface area (Å²) < 4.78 is 2.50. The summed E-state index contributed by atoms with van der Waals surface area (Å²) in [7, 11) is 0. The van der Waals surface area contributed by atoms with Crippen LogP contribution in [0.4, 0.5) is 10.8 Å². The third-order valence-electron chi connectivity index (χ3n) is 3.73. The highest BCUT2D eigenvalue weighted by molar-refractivity contribution is 7.14. The van der Waals surface area contributed by atoms with Crippen LogP contribution in [0.3, 0.4) is 0 Å². The van der Waals surface area contributed by atoms with Crippen molar-refractivity contribution < 1.29 is 4.79 Å². The molecule has 0 spiro atoms. The Morgan fingerprint density at radius 2 is 1.93 bits per heavy atom. The predicted molar refractivity (Wildman–Crippen MR) is 104 cm³/mol. The molecule has 8 nitrogen and oxygen atoms in total. The van der Waals surface area contributed by atoms with Gasteiger partial charge >= 0.3 is 5.69 Å². The molecule has 1 amide bonds. The van der Waals surface area contributed by atoms with E-state index in [1.807, 2.05) is 47.2 Å². The van der Waals surface area contributed by atoms with Gasteiger partial charge in [0.05, 0.1) is 17.9 Å². The molecule has 4 aromatic rings. The van der Waals surface area contributed by atoms with Gasteiger partial charge in [-0.15, -0.1) is 22.7 Å². The molecule has 3 heterocycles. The normalized spacial score (nSPS) is 10.9. The summed E-state index contributed by atoms with van der Waals surface area (Å²) in [6.07, 6.45) is 0. The van der Waals surface area contributed by atoms with Crippen molar-refractivity contribution in [2.24, 2.45) is 0 Å². The Morgan fingerprint density at radius 1 is 1.11 bits per heavy atom. The molecule has 0 aliphatic carbocycles. The first-order valence-corrected chi connectivity index (χ1v) is 9.76. The lowest BCUT2D eigenvalue weighted by atomic mass is 10.3. The molecule has 0 aliphatic heterocycles. The fraction of sp³-hybridized carbons (Fsp3) is 0.118. The zero-order valence-electron chi connectivity index (χ0n) is 14.2. The minimum Gasteiger partial charge on any atom is -0.274 e. The number of carbonyl (C=O) groups excluding carboxylic acids is 1. The molecule has 0 fully saturated rings. The second kappa shape index (κ2) is 7.25. The SMILES string of the molecule is CC(=O)N(c1ccccc1)c1nc(Cn2nnn(-c3cccs3)c2=O)cs1. The summed E-state index contributed by atoms with van der Waals surface area (Å²) in [5, 5.41) is 12.8. The molecule has 4 rings (SSSR count). The van der Waals surface area contributed by atoms with Gasteiger partial charge in [0.25, 0.3) is 0 Å². The number of hydrogen-bond acceptors (Lipinski definition) is 7. The quantitative estimate of drug-likeness (QED) is 0.516. The van der Waals surface area contributed by atoms with Crippen LogP contribution < -0.4 is 10.6 Å². The standard InChI is InChI=1S/C17H14N6O2S2/c1-12(24)22(14-6-3-2-4-7-14)16-18-13(11-27-16)10-21-17(25)23(20-19-21)15-8-5-9-26-15/h2-9,11H,10H2,1H3. The van der Waals surface area contributed by atoms with Crippen molar-refractivity contribution in [1.29, 1.82) is 0 Å². The van der Waals surface area contributed by atoms with Crippen molar-refractivity contribution in [1.82, 2.24) is 24.8 Å². The van der Waals surface area contributed by atoms with E-state index in [-0.39, 0.29) is 18.1 Å². The van der Waals surface area contributed by atoms with Gasteiger partial charge < -0.3 is 0 Å². The van der Waals surface area contributed by atoms with Gasteiger partial charge in [-0.1, -0.05) is 18.2 Å². The number of thiazole rings is 1. The number of thiophene rings is 1. The number of anilines is 2. The summed E-state index contributed by atoms with van der Waals surface area (Å²) in [6.45, 7) is 1.67. The molecule has 27 heavy (non-hydrogen) atoms. The maximum atomic E-state index is 12.5. The molecule has 10 heteroatoms. The number of tetrazole rings is 1. The third-order valence-corrected chi connectivity index (χ3v) is 5.44. The monoisotopic (exact) mass is 398 g/mol. The minimum absolute atomic E-state index is 0.136. The maximum Gasteiger partial charge on any atom is 0.369 e. The van der Waals surface area contributed by atoms with Crippen LogP contribution in [0.15, 0.2) is 58.0 Å². The number of nitrogens with zero attached hydrogens (tertiary/aromatic N) is 6. The van der Waals surface area contributed by atoms with Gasteiger partial charge in [-0.05, 0) is 40.1 Å². The molecule has 0 saturated heterocycles. The number of carbonyl (C=O) groups is 1. The van der Waals surface area contributed by atoms with Gasteiger partial charge in [0.2, 0.25) is 5.91 Å². The molecule has 0 unspecified atom stereocenters. The highest BCUT2D eigenvalue weighted by atomic mass is 32.1. The molecule has 136 valence electrons. The molecule has 0 saturated carbocycles. The largest absolute Gasteiger partial charge is 0.369 e. The molecule has 0 atom stereocenters. The maximum absolute atomic E-state index is 12.5. The number of aromatic nitrogens is 5. The van der Waals surface area contributed by atoms with Crippen LogP contribution in [-0.2, 0) is 11.3 Å². The van der Waals surface area contributed by atoms with E-state index in [0.717, 1.165) is 5.69 Å². The number of amides is 1. The first-order chi connectivity index (χ1) is 13.1. The van der Waals surface area contributed by atoms with E-state index in [9.17, 15) is 9.59 Å². The van der Waals surface area contributed by atoms with Crippen LogP contribution in [0.5, 0.6) is 0 Å². The molecular weight excluding hydrogens is 384 g/mol. The number of benzene rings is 1. The average molecular weight is 398 g/mol. The van der Waals surface area contributed by atoms with E-state index >= 15 is 0 Å². The van der Waals surface area contributed by atoms with E-state index in [1.54, 1.807) is 11.0 Å². The van der Waals surface area contributed by atoms with Gasteiger partial charge in [0, 0.05) is 12.3 Å². The van der Waals surface area contributed by atoms with Gasteiger partial charge in [-0.25, -0.2) is 9.78 Å². The number of rotatable bonds is 5. The molecule has 0 aliphatic rings. The molecular formula is C17H14N6O2S2. The molecule has 3 aromatic heterocycles. The summed E-state index contributed by atoms with van der Waals surface area (Å²) in [5.74, 6) is -0.136. The second-order valence-electron chi connectivity index (χ2n) is 5.59. The first-order valence-electron chi connectivity index (χ1n) is 8.00. The Kier molecular flexibility index (Phi) is 4.65. The fourth-order valence-corrected chi connectivity index (χ4v) is 4.08. The summed E-state index contributed by atoms with van der Waals surface area (Å²) in [5.41, 5.74) is 1.04. The summed E-state index contributed by atoms with van der Waals surface area (Å²) >= 11 is 2.74. The molecule has 0 radical (unpaired) electrons. The van der Waals surface area contributed by atoms with Gasteiger partial charge in [-0.3, -0.25) is 9.69 Å². The van der Waals surface area contributed by atoms with Gasteiger partial charge in [0.1, 0.15) is 5.00 Å². The minimum atomic E-state index is -0.335. The van der Waals surface area contributed by atoms with Crippen molar-refractivity contribution in [3.8, 4) is 5.00 Å². The lowest BCUT2D eigenvalue weighted by Gasteiger charge is -2.17. The number of para-hydroxylation sites is 1. The van der Waals surface area contributed by atoms with E-state index in [1.165, 1.54) is 39.0 Å². The highest BCUT2D eigenvalue weighted by Crippen LogP contribution is 2.28. The number of hydrogen-bond donors (Lipinski definition) is 0. The van der Waals surface area contributed by atoms with Crippen LogP contribution in [0.1, 0.15) is 12.6 Å². The fourth-order valence-electron chi connectivity index (χ4n) is 2.53. The average Bonchev–Trinajstić information content (AvgIpc) is 3.39. The Hall–Kier alpha value is -3.11. The first kappa shape index (κ1) is 17.3. The Morgan fingerprint density at radius 3 is 2.63 bits per heavy atom. The highest BCUT2D eigenvalue weighted by Gasteiger charge is 2.18. The summed E-state index contributed by atoms with van der Waals surface area (Å²) in [4.78, 5) is 30.6. The zero-order valence-corrected chi connectivity index (χ0v) is 15.9. The van der Waals surface area contributed by atoms with Crippen molar-refractivity contribution in [2.75, 3.05) is 4.90 Å². The van der Waals surface area contributed by atoms with E-state index < -0.39 is 0 Å². The predicted octanol–water partition coefficient (Wildman–Crippen LogP) is 2.68. The van der Waals surface area contributed by atoms with Gasteiger partial charge in [-0.2, -0.15) is 9.36 Å². The van der Waals surface area contributed by atoms with Crippen molar-refractivity contribution in [3.05, 3.63) is 69.4 Å². The van der Waals surface area contributed by atoms with Crippen molar-refractivity contribution in [2.45, 2.75) is 13.5 Å². The Bertz CT molecular complexity index is 1110. The third kappa shape index (κ3) is 3.44. The van der Waals surface area contributed by atoms with Crippen LogP contribution in [0.25, 0.3) is 5.00 Å². The van der Waals surface area contributed by atoms with Crippen LogP contribution in [0.2, 0.25) is 0 Å². The second-order valence-corrected chi connectivity index (χ2v) is 7.36.